The van der Waals surface area contributed by atoms with Crippen LogP contribution >= 0.6 is 15.9 Å². The van der Waals surface area contributed by atoms with Crippen LogP contribution in [0.4, 0.5) is 15.3 Å². The van der Waals surface area contributed by atoms with Crippen LogP contribution in [-0.2, 0) is 20.8 Å². The van der Waals surface area contributed by atoms with Crippen LogP contribution in [0.25, 0.3) is 0 Å². The van der Waals surface area contributed by atoms with Gasteiger partial charge >= 0.3 is 12.2 Å². The summed E-state index contributed by atoms with van der Waals surface area (Å²) < 4.78 is 5.79. The van der Waals surface area contributed by atoms with E-state index < -0.39 is 29.8 Å². The molecule has 0 aliphatic carbocycles. The molecule has 0 radical (unpaired) electrons. The maximum atomic E-state index is 12.5. The molecule has 0 spiro atoms. The standard InChI is InChI=1S/C15H17BrN2O6/c1-15(2,3)23-14(22)24-18-11-5-4-9(16)6-8(11)7-10(12(18)19)17-13(20)21/h4-6,10,17H,7H2,1-3H3,(H,20,21)/t10-/m0/s1. The number of carbonyl (C=O) groups excluding carboxylic acids is 2. The molecule has 8 nitrogen and oxygen atoms in total. The highest BCUT2D eigenvalue weighted by Gasteiger charge is 2.37. The molecule has 1 atom stereocenters. The number of halogens is 1. The number of carboxylic acid groups (broad SMARTS) is 1. The third kappa shape index (κ3) is 4.38. The van der Waals surface area contributed by atoms with Crippen molar-refractivity contribution in [1.29, 1.82) is 0 Å². The molecule has 0 fully saturated rings. The Kier molecular flexibility index (Phi) is 5.02. The maximum absolute atomic E-state index is 12.5. The number of benzene rings is 1. The molecule has 0 saturated carbocycles. The Bertz CT molecular complexity index is 685. The zero-order valence-electron chi connectivity index (χ0n) is 13.3. The molecular formula is C15H17BrN2O6. The van der Waals surface area contributed by atoms with Crippen molar-refractivity contribution in [3.8, 4) is 0 Å². The summed E-state index contributed by atoms with van der Waals surface area (Å²) in [4.78, 5) is 40.3. The molecule has 1 aliphatic rings. The number of amides is 2. The van der Waals surface area contributed by atoms with E-state index in [9.17, 15) is 14.4 Å². The van der Waals surface area contributed by atoms with E-state index in [2.05, 4.69) is 21.2 Å². The van der Waals surface area contributed by atoms with Crippen molar-refractivity contribution in [3.63, 3.8) is 0 Å². The fourth-order valence-electron chi connectivity index (χ4n) is 2.18. The molecule has 1 aromatic rings. The number of anilines is 1. The van der Waals surface area contributed by atoms with Crippen LogP contribution in [0.5, 0.6) is 0 Å². The van der Waals surface area contributed by atoms with E-state index in [0.717, 1.165) is 9.54 Å². The monoisotopic (exact) mass is 400 g/mol. The van der Waals surface area contributed by atoms with Crippen LogP contribution in [0.3, 0.4) is 0 Å². The molecule has 0 bridgehead atoms. The number of ether oxygens (including phenoxy) is 1. The van der Waals surface area contributed by atoms with Crippen LogP contribution in [0.15, 0.2) is 22.7 Å². The Balaban J connectivity index is 2.31. The predicted octanol–water partition coefficient (Wildman–Crippen LogP) is 2.84. The number of nitrogens with zero attached hydrogens (tertiary/aromatic N) is 1. The van der Waals surface area contributed by atoms with Gasteiger partial charge in [0.25, 0.3) is 5.91 Å². The Hall–Kier alpha value is -2.29. The minimum absolute atomic E-state index is 0.147. The van der Waals surface area contributed by atoms with Crippen LogP contribution in [0.1, 0.15) is 26.3 Å². The van der Waals surface area contributed by atoms with Crippen molar-refractivity contribution in [2.75, 3.05) is 5.06 Å². The van der Waals surface area contributed by atoms with Gasteiger partial charge in [0.15, 0.2) is 0 Å². The Morgan fingerprint density at radius 2 is 2.04 bits per heavy atom. The highest BCUT2D eigenvalue weighted by molar-refractivity contribution is 9.10. The molecular weight excluding hydrogens is 384 g/mol. The van der Waals surface area contributed by atoms with Gasteiger partial charge in [0.1, 0.15) is 11.6 Å². The molecule has 9 heteroatoms. The quantitative estimate of drug-likeness (QED) is 0.739. The molecule has 2 rings (SSSR count). The summed E-state index contributed by atoms with van der Waals surface area (Å²) in [6.07, 6.45) is -2.25. The van der Waals surface area contributed by atoms with Crippen molar-refractivity contribution in [3.05, 3.63) is 28.2 Å². The van der Waals surface area contributed by atoms with Crippen molar-refractivity contribution >= 4 is 39.8 Å². The molecule has 0 unspecified atom stereocenters. The third-order valence-corrected chi connectivity index (χ3v) is 3.53. The zero-order chi connectivity index (χ0) is 18.1. The molecule has 0 aromatic heterocycles. The number of carbonyl (C=O) groups is 3. The van der Waals surface area contributed by atoms with Crippen LogP contribution < -0.4 is 10.4 Å². The molecule has 2 N–H and O–H groups in total. The van der Waals surface area contributed by atoms with Gasteiger partial charge in [0.2, 0.25) is 0 Å². The summed E-state index contributed by atoms with van der Waals surface area (Å²) in [5, 5.41) is 11.8. The smallest absolute Gasteiger partial charge is 0.465 e. The van der Waals surface area contributed by atoms with Gasteiger partial charge in [0.05, 0.1) is 5.69 Å². The lowest BCUT2D eigenvalue weighted by Crippen LogP contribution is -2.53. The second-order valence-corrected chi connectivity index (χ2v) is 7.08. The van der Waals surface area contributed by atoms with Crippen molar-refractivity contribution in [2.24, 2.45) is 0 Å². The number of nitrogens with one attached hydrogen (secondary N) is 1. The molecule has 1 heterocycles. The van der Waals surface area contributed by atoms with Crippen LogP contribution in [0, 0.1) is 0 Å². The van der Waals surface area contributed by atoms with Crippen molar-refractivity contribution < 1.29 is 29.1 Å². The highest BCUT2D eigenvalue weighted by Crippen LogP contribution is 2.31. The van der Waals surface area contributed by atoms with Gasteiger partial charge in [-0.2, -0.15) is 0 Å². The predicted molar refractivity (Wildman–Crippen MR) is 87.6 cm³/mol. The van der Waals surface area contributed by atoms with E-state index in [4.69, 9.17) is 14.7 Å². The summed E-state index contributed by atoms with van der Waals surface area (Å²) in [6.45, 7) is 4.98. The van der Waals surface area contributed by atoms with E-state index >= 15 is 0 Å². The fraction of sp³-hybridized carbons (Fsp3) is 0.400. The molecule has 130 valence electrons. The first-order valence-corrected chi connectivity index (χ1v) is 7.89. The normalized spacial score (nSPS) is 17.1. The van der Waals surface area contributed by atoms with Gasteiger partial charge in [-0.3, -0.25) is 9.63 Å². The third-order valence-electron chi connectivity index (χ3n) is 3.04. The van der Waals surface area contributed by atoms with E-state index in [1.54, 1.807) is 39.0 Å². The first-order valence-electron chi connectivity index (χ1n) is 7.09. The minimum atomic E-state index is -1.34. The van der Waals surface area contributed by atoms with Gasteiger partial charge in [-0.15, -0.1) is 5.06 Å². The van der Waals surface area contributed by atoms with Gasteiger partial charge < -0.3 is 15.2 Å². The zero-order valence-corrected chi connectivity index (χ0v) is 14.9. The number of rotatable bonds is 2. The van der Waals surface area contributed by atoms with Crippen LogP contribution in [0.2, 0.25) is 0 Å². The summed E-state index contributed by atoms with van der Waals surface area (Å²) in [7, 11) is 0. The largest absolute Gasteiger partial charge is 0.534 e. The van der Waals surface area contributed by atoms with Gasteiger partial charge in [-0.05, 0) is 44.5 Å². The van der Waals surface area contributed by atoms with E-state index in [1.807, 2.05) is 0 Å². The molecule has 24 heavy (non-hydrogen) atoms. The second-order valence-electron chi connectivity index (χ2n) is 6.17. The number of hydrogen-bond donors (Lipinski definition) is 2. The van der Waals surface area contributed by atoms with Gasteiger partial charge in [-0.25, -0.2) is 9.59 Å². The SMILES string of the molecule is CC(C)(C)OC(=O)ON1C(=O)[C@@H](NC(=O)O)Cc2cc(Br)ccc21. The van der Waals surface area contributed by atoms with Crippen molar-refractivity contribution in [1.82, 2.24) is 5.32 Å². The molecule has 1 aromatic carbocycles. The maximum Gasteiger partial charge on any atom is 0.534 e. The summed E-state index contributed by atoms with van der Waals surface area (Å²) in [5.74, 6) is -0.696. The molecule has 1 aliphatic heterocycles. The van der Waals surface area contributed by atoms with Gasteiger partial charge in [-0.1, -0.05) is 15.9 Å². The lowest BCUT2D eigenvalue weighted by Gasteiger charge is -2.32. The van der Waals surface area contributed by atoms with E-state index in [1.165, 1.54) is 0 Å². The Morgan fingerprint density at radius 3 is 2.62 bits per heavy atom. The average Bonchev–Trinajstić information content (AvgIpc) is 2.40. The Labute approximate surface area is 146 Å². The van der Waals surface area contributed by atoms with Crippen LogP contribution in [-0.4, -0.2) is 34.9 Å². The van der Waals surface area contributed by atoms with E-state index in [-0.39, 0.29) is 6.42 Å². The van der Waals surface area contributed by atoms with Gasteiger partial charge in [0, 0.05) is 10.9 Å². The molecule has 2 amide bonds. The molecule has 0 saturated heterocycles. The number of fused-ring (bicyclic) bond motifs is 1. The number of hydroxylamine groups is 1. The lowest BCUT2D eigenvalue weighted by molar-refractivity contribution is -0.128. The van der Waals surface area contributed by atoms with Crippen molar-refractivity contribution in [2.45, 2.75) is 38.8 Å². The Morgan fingerprint density at radius 1 is 1.38 bits per heavy atom. The highest BCUT2D eigenvalue weighted by atomic mass is 79.9. The minimum Gasteiger partial charge on any atom is -0.465 e. The lowest BCUT2D eigenvalue weighted by atomic mass is 9.99. The second kappa shape index (κ2) is 6.68. The first-order chi connectivity index (χ1) is 11.1. The fourth-order valence-corrected chi connectivity index (χ4v) is 2.59. The summed E-state index contributed by atoms with van der Waals surface area (Å²) in [6, 6.07) is 3.94. The average molecular weight is 401 g/mol. The first kappa shape index (κ1) is 18.1. The summed E-state index contributed by atoms with van der Waals surface area (Å²) >= 11 is 3.31. The number of hydrogen-bond acceptors (Lipinski definition) is 5. The summed E-state index contributed by atoms with van der Waals surface area (Å²) in [5.41, 5.74) is 0.209. The van der Waals surface area contributed by atoms with E-state index in [0.29, 0.717) is 11.3 Å². The topological polar surface area (TPSA) is 105 Å².